The van der Waals surface area contributed by atoms with Crippen molar-refractivity contribution >= 4 is 68.3 Å². The number of nitrogens with zero attached hydrogens (tertiary/aromatic N) is 2. The van der Waals surface area contributed by atoms with Crippen molar-refractivity contribution < 1.29 is 14.3 Å². The maximum atomic E-state index is 12.7. The number of amides is 1. The fourth-order valence-corrected chi connectivity index (χ4v) is 5.72. The van der Waals surface area contributed by atoms with Gasteiger partial charge in [-0.3, -0.25) is 4.79 Å². The van der Waals surface area contributed by atoms with Gasteiger partial charge in [0, 0.05) is 27.2 Å². The largest absolute Gasteiger partial charge is 0.493 e. The molecule has 0 aliphatic carbocycles. The van der Waals surface area contributed by atoms with Gasteiger partial charge in [0.1, 0.15) is 6.61 Å². The summed E-state index contributed by atoms with van der Waals surface area (Å²) in [7, 11) is 1.55. The lowest BCUT2D eigenvalue weighted by atomic mass is 10.1. The molecule has 0 atom stereocenters. The predicted molar refractivity (Wildman–Crippen MR) is 184 cm³/mol. The lowest BCUT2D eigenvalue weighted by molar-refractivity contribution is 0.0955. The number of carbonyl (C=O) groups is 1. The van der Waals surface area contributed by atoms with E-state index in [4.69, 9.17) is 32.7 Å². The van der Waals surface area contributed by atoms with Gasteiger partial charge in [-0.2, -0.15) is 5.10 Å². The van der Waals surface area contributed by atoms with Gasteiger partial charge in [0.2, 0.25) is 0 Å². The van der Waals surface area contributed by atoms with E-state index in [1.54, 1.807) is 31.4 Å². The Kier molecular flexibility index (Phi) is 9.26. The second-order valence-corrected chi connectivity index (χ2v) is 11.7. The van der Waals surface area contributed by atoms with Crippen LogP contribution >= 0.6 is 34.5 Å². The molecule has 1 amide bonds. The number of hydrazone groups is 1. The second kappa shape index (κ2) is 13.8. The van der Waals surface area contributed by atoms with Crippen LogP contribution in [0.5, 0.6) is 11.5 Å². The zero-order valence-corrected chi connectivity index (χ0v) is 26.3. The van der Waals surface area contributed by atoms with Crippen LogP contribution < -0.4 is 20.2 Å². The van der Waals surface area contributed by atoms with Crippen molar-refractivity contribution in [2.45, 2.75) is 6.61 Å². The van der Waals surface area contributed by atoms with Gasteiger partial charge in [0.15, 0.2) is 16.6 Å². The summed E-state index contributed by atoms with van der Waals surface area (Å²) >= 11 is 14.0. The molecule has 45 heavy (non-hydrogen) atoms. The first kappa shape index (κ1) is 30.1. The highest BCUT2D eigenvalue weighted by atomic mass is 35.5. The van der Waals surface area contributed by atoms with Crippen LogP contribution in [0.3, 0.4) is 0 Å². The fraction of sp³-hybridized carbons (Fsp3) is 0.0571. The number of thiazole rings is 1. The lowest BCUT2D eigenvalue weighted by Crippen LogP contribution is -2.17. The summed E-state index contributed by atoms with van der Waals surface area (Å²) in [5.41, 5.74) is 7.25. The number of rotatable bonds is 10. The summed E-state index contributed by atoms with van der Waals surface area (Å²) in [6, 6.07) is 32.4. The van der Waals surface area contributed by atoms with E-state index in [-0.39, 0.29) is 5.91 Å². The third-order valence-corrected chi connectivity index (χ3v) is 8.16. The van der Waals surface area contributed by atoms with Gasteiger partial charge in [-0.1, -0.05) is 71.7 Å². The SMILES string of the molecule is COc1cc(/C=N\NC(=O)c2ccc(-c3csc(Nc4ccc(Cl)cc4)n3)cc2)cc(Cl)c1OCc1ccc2ccccc2c1. The molecule has 0 aliphatic heterocycles. The Morgan fingerprint density at radius 1 is 0.933 bits per heavy atom. The van der Waals surface area contributed by atoms with Crippen molar-refractivity contribution in [2.24, 2.45) is 5.10 Å². The quantitative estimate of drug-likeness (QED) is 0.114. The Labute approximate surface area is 274 Å². The molecule has 7 nitrogen and oxygen atoms in total. The minimum atomic E-state index is -0.352. The van der Waals surface area contributed by atoms with Gasteiger partial charge in [-0.05, 0) is 76.5 Å². The smallest absolute Gasteiger partial charge is 0.271 e. The number of halogens is 2. The zero-order chi connectivity index (χ0) is 31.2. The van der Waals surface area contributed by atoms with E-state index >= 15 is 0 Å². The molecule has 1 heterocycles. The van der Waals surface area contributed by atoms with E-state index in [9.17, 15) is 4.79 Å². The molecule has 1 aromatic heterocycles. The van der Waals surface area contributed by atoms with Gasteiger partial charge in [0.25, 0.3) is 5.91 Å². The Morgan fingerprint density at radius 3 is 2.49 bits per heavy atom. The Bertz CT molecular complexity index is 1990. The number of aromatic nitrogens is 1. The van der Waals surface area contributed by atoms with Crippen LogP contribution in [0.4, 0.5) is 10.8 Å². The van der Waals surface area contributed by atoms with Crippen molar-refractivity contribution in [3.63, 3.8) is 0 Å². The molecule has 6 rings (SSSR count). The second-order valence-electron chi connectivity index (χ2n) is 9.95. The summed E-state index contributed by atoms with van der Waals surface area (Å²) in [6.07, 6.45) is 1.50. The maximum absolute atomic E-state index is 12.7. The summed E-state index contributed by atoms with van der Waals surface area (Å²) < 4.78 is 11.6. The number of nitrogens with one attached hydrogen (secondary N) is 2. The fourth-order valence-electron chi connectivity index (χ4n) is 4.58. The molecule has 6 aromatic rings. The topological polar surface area (TPSA) is 84.8 Å². The average Bonchev–Trinajstić information content (AvgIpc) is 3.53. The third-order valence-electron chi connectivity index (χ3n) is 6.87. The van der Waals surface area contributed by atoms with Crippen LogP contribution in [0.25, 0.3) is 22.0 Å². The molecule has 0 spiro atoms. The van der Waals surface area contributed by atoms with E-state index < -0.39 is 0 Å². The third kappa shape index (κ3) is 7.44. The predicted octanol–water partition coefficient (Wildman–Crippen LogP) is 9.37. The minimum Gasteiger partial charge on any atom is -0.493 e. The van der Waals surface area contributed by atoms with Crippen LogP contribution in [0.15, 0.2) is 114 Å². The van der Waals surface area contributed by atoms with Crippen LogP contribution in [0.2, 0.25) is 10.0 Å². The number of methoxy groups -OCH3 is 1. The van der Waals surface area contributed by atoms with Gasteiger partial charge >= 0.3 is 0 Å². The first-order valence-corrected chi connectivity index (χ1v) is 15.5. The van der Waals surface area contributed by atoms with Crippen LogP contribution in [0, 0.1) is 0 Å². The highest BCUT2D eigenvalue weighted by Crippen LogP contribution is 2.37. The number of fused-ring (bicyclic) bond motifs is 1. The van der Waals surface area contributed by atoms with Gasteiger partial charge in [-0.15, -0.1) is 11.3 Å². The van der Waals surface area contributed by atoms with Crippen molar-refractivity contribution in [2.75, 3.05) is 12.4 Å². The monoisotopic (exact) mass is 652 g/mol. The van der Waals surface area contributed by atoms with Crippen LogP contribution in [0.1, 0.15) is 21.5 Å². The Balaban J connectivity index is 1.06. The van der Waals surface area contributed by atoms with Gasteiger partial charge in [0.05, 0.1) is 24.0 Å². The minimum absolute atomic E-state index is 0.327. The number of carbonyl (C=O) groups excluding carboxylic acids is 1. The molecule has 224 valence electrons. The molecule has 0 bridgehead atoms. The molecule has 0 saturated carbocycles. The number of hydrogen-bond donors (Lipinski definition) is 2. The van der Waals surface area contributed by atoms with Gasteiger partial charge < -0.3 is 14.8 Å². The molecular formula is C35H26Cl2N4O3S. The van der Waals surface area contributed by atoms with E-state index in [1.165, 1.54) is 17.6 Å². The van der Waals surface area contributed by atoms with E-state index in [2.05, 4.69) is 45.1 Å². The summed E-state index contributed by atoms with van der Waals surface area (Å²) in [6.45, 7) is 0.327. The lowest BCUT2D eigenvalue weighted by Gasteiger charge is -2.13. The molecule has 10 heteroatoms. The molecular weight excluding hydrogens is 627 g/mol. The van der Waals surface area contributed by atoms with E-state index in [0.29, 0.717) is 39.3 Å². The number of hydrogen-bond acceptors (Lipinski definition) is 7. The molecule has 0 aliphatic rings. The highest BCUT2D eigenvalue weighted by Gasteiger charge is 2.13. The Morgan fingerprint density at radius 2 is 1.71 bits per heavy atom. The highest BCUT2D eigenvalue weighted by molar-refractivity contribution is 7.14. The van der Waals surface area contributed by atoms with Crippen molar-refractivity contribution in [1.29, 1.82) is 0 Å². The van der Waals surface area contributed by atoms with Crippen molar-refractivity contribution in [1.82, 2.24) is 10.4 Å². The molecule has 0 fully saturated rings. The average molecular weight is 654 g/mol. The molecule has 0 saturated heterocycles. The molecule has 5 aromatic carbocycles. The Hall–Kier alpha value is -4.89. The zero-order valence-electron chi connectivity index (χ0n) is 24.0. The summed E-state index contributed by atoms with van der Waals surface area (Å²) in [5.74, 6) is 0.538. The number of benzene rings is 5. The van der Waals surface area contributed by atoms with Crippen molar-refractivity contribution in [3.8, 4) is 22.8 Å². The van der Waals surface area contributed by atoms with Crippen LogP contribution in [-0.4, -0.2) is 24.2 Å². The van der Waals surface area contributed by atoms with Crippen molar-refractivity contribution in [3.05, 3.63) is 135 Å². The number of anilines is 2. The summed E-state index contributed by atoms with van der Waals surface area (Å²) in [5, 5.41) is 13.4. The summed E-state index contributed by atoms with van der Waals surface area (Å²) in [4.78, 5) is 17.4. The standard InChI is InChI=1S/C35H26Cl2N4O3S/c1-43-32-18-23(17-30(37)33(32)44-20-22-6-7-24-4-2-3-5-27(24)16-22)19-38-41-34(42)26-10-8-25(9-11-26)31-21-45-35(40-31)39-29-14-12-28(36)13-15-29/h2-19,21H,20H2,1H3,(H,39,40)(H,41,42)/b38-19-. The first-order valence-electron chi connectivity index (χ1n) is 13.8. The van der Waals surface area contributed by atoms with E-state index in [1.807, 2.05) is 60.0 Å². The first-order chi connectivity index (χ1) is 21.9. The number of ether oxygens (including phenoxy) is 2. The van der Waals surface area contributed by atoms with Crippen LogP contribution in [-0.2, 0) is 6.61 Å². The normalized spacial score (nSPS) is 11.1. The molecule has 2 N–H and O–H groups in total. The van der Waals surface area contributed by atoms with Gasteiger partial charge in [-0.25, -0.2) is 10.4 Å². The molecule has 0 radical (unpaired) electrons. The maximum Gasteiger partial charge on any atom is 0.271 e. The van der Waals surface area contributed by atoms with E-state index in [0.717, 1.165) is 38.4 Å². The molecule has 0 unspecified atom stereocenters.